The number of halogens is 1. The number of nitrogens with zero attached hydrogens (tertiary/aromatic N) is 2. The molecule has 0 aromatic heterocycles. The fraction of sp³-hybridized carbons (Fsp3) is 0.524. The minimum absolute atomic E-state index is 0.0711. The van der Waals surface area contributed by atoms with Crippen LogP contribution in [0.1, 0.15) is 39.3 Å². The summed E-state index contributed by atoms with van der Waals surface area (Å²) < 4.78 is 10.4. The fourth-order valence-corrected chi connectivity index (χ4v) is 4.34. The van der Waals surface area contributed by atoms with Gasteiger partial charge in [0.1, 0.15) is 18.7 Å². The van der Waals surface area contributed by atoms with Crippen molar-refractivity contribution in [2.75, 3.05) is 13.2 Å². The monoisotopic (exact) mass is 438 g/mol. The molecule has 1 aliphatic heterocycles. The van der Waals surface area contributed by atoms with Gasteiger partial charge in [0.2, 0.25) is 6.04 Å². The van der Waals surface area contributed by atoms with Crippen LogP contribution < -0.4 is 0 Å². The van der Waals surface area contributed by atoms with Gasteiger partial charge >= 0.3 is 12.1 Å². The van der Waals surface area contributed by atoms with Crippen LogP contribution >= 0.6 is 11.6 Å². The van der Waals surface area contributed by atoms with Crippen LogP contribution in [0.5, 0.6) is 0 Å². The van der Waals surface area contributed by atoms with Crippen LogP contribution in [0.3, 0.4) is 0 Å². The number of carbonyl (C=O) groups excluding carboxylic acids is 2. The summed E-state index contributed by atoms with van der Waals surface area (Å²) in [4.78, 5) is 39.0. The summed E-state index contributed by atoms with van der Waals surface area (Å²) in [7, 11) is 0. The molecule has 8 nitrogen and oxygen atoms in total. The first-order valence-corrected chi connectivity index (χ1v) is 10.0. The molecule has 30 heavy (non-hydrogen) atoms. The van der Waals surface area contributed by atoms with Gasteiger partial charge in [-0.1, -0.05) is 63.2 Å². The van der Waals surface area contributed by atoms with Gasteiger partial charge in [-0.05, 0) is 18.4 Å². The maximum Gasteiger partial charge on any atom is 0.411 e. The van der Waals surface area contributed by atoms with E-state index in [2.05, 4.69) is 6.58 Å². The number of esters is 1. The van der Waals surface area contributed by atoms with E-state index in [1.807, 2.05) is 0 Å². The summed E-state index contributed by atoms with van der Waals surface area (Å²) in [5, 5.41) is 12.5. The molecule has 0 bridgehead atoms. The first-order chi connectivity index (χ1) is 14.1. The summed E-state index contributed by atoms with van der Waals surface area (Å²) in [6, 6.07) is 2.95. The molecule has 0 radical (unpaired) electrons. The Morgan fingerprint density at radius 1 is 1.30 bits per heavy atom. The van der Waals surface area contributed by atoms with Gasteiger partial charge in [-0.25, -0.2) is 9.59 Å². The molecule has 0 N–H and O–H groups in total. The van der Waals surface area contributed by atoms with E-state index in [0.29, 0.717) is 5.56 Å². The van der Waals surface area contributed by atoms with Crippen LogP contribution in [0, 0.1) is 21.4 Å². The van der Waals surface area contributed by atoms with Crippen LogP contribution in [0.4, 0.5) is 4.79 Å². The van der Waals surface area contributed by atoms with E-state index in [9.17, 15) is 19.7 Å². The zero-order chi connectivity index (χ0) is 22.6. The number of carbonyl (C=O) groups is 2. The van der Waals surface area contributed by atoms with E-state index in [1.165, 1.54) is 6.08 Å². The Morgan fingerprint density at radius 3 is 2.43 bits per heavy atom. The molecule has 1 aromatic carbocycles. The van der Waals surface area contributed by atoms with Crippen molar-refractivity contribution >= 4 is 23.7 Å². The smallest absolute Gasteiger partial charge is 0.411 e. The average Bonchev–Trinajstić information content (AvgIpc) is 3.03. The molecule has 0 spiro atoms. The lowest BCUT2D eigenvalue weighted by Crippen LogP contribution is -2.48. The Balaban J connectivity index is 2.76. The largest absolute Gasteiger partial charge is 0.464 e. The summed E-state index contributed by atoms with van der Waals surface area (Å²) in [6.45, 7) is 10.5. The van der Waals surface area contributed by atoms with Gasteiger partial charge in [0, 0.05) is 15.5 Å². The molecule has 4 atom stereocenters. The molecule has 1 saturated heterocycles. The number of likely N-dealkylation sites (tertiary alicyclic amines) is 1. The molecule has 9 heteroatoms. The second kappa shape index (κ2) is 9.47. The van der Waals surface area contributed by atoms with E-state index < -0.39 is 46.4 Å². The van der Waals surface area contributed by atoms with Gasteiger partial charge in [0.15, 0.2) is 0 Å². The van der Waals surface area contributed by atoms with Gasteiger partial charge in [-0.2, -0.15) is 0 Å². The fourth-order valence-electron chi connectivity index (χ4n) is 4.09. The molecule has 0 unspecified atom stereocenters. The SMILES string of the molecule is C=CCOC(=O)N1[C@H](C(=O)OCC)[C@@H](C(C)(C)C)[C@H]([N+](=O)[O-])[C@@H]1c1ccccc1Cl. The third-order valence-electron chi connectivity index (χ3n) is 5.16. The van der Waals surface area contributed by atoms with Crippen molar-refractivity contribution in [3.05, 3.63) is 57.6 Å². The van der Waals surface area contributed by atoms with E-state index in [0.717, 1.165) is 4.90 Å². The van der Waals surface area contributed by atoms with Crippen molar-refractivity contribution in [2.45, 2.75) is 45.8 Å². The maximum absolute atomic E-state index is 13.0. The zero-order valence-electron chi connectivity index (χ0n) is 17.5. The minimum Gasteiger partial charge on any atom is -0.464 e. The maximum atomic E-state index is 13.0. The first kappa shape index (κ1) is 23.7. The summed E-state index contributed by atoms with van der Waals surface area (Å²) >= 11 is 6.37. The Bertz CT molecular complexity index is 822. The van der Waals surface area contributed by atoms with Crippen LogP contribution in [0.2, 0.25) is 5.02 Å². The lowest BCUT2D eigenvalue weighted by molar-refractivity contribution is -0.536. The second-order valence-electron chi connectivity index (χ2n) is 8.10. The van der Waals surface area contributed by atoms with Crippen molar-refractivity contribution in [2.24, 2.45) is 11.3 Å². The third kappa shape index (κ3) is 4.59. The second-order valence-corrected chi connectivity index (χ2v) is 8.51. The van der Waals surface area contributed by atoms with Gasteiger partial charge in [-0.15, -0.1) is 0 Å². The molecule has 1 heterocycles. The molecule has 2 rings (SSSR count). The Morgan fingerprint density at radius 2 is 1.93 bits per heavy atom. The van der Waals surface area contributed by atoms with Gasteiger partial charge in [0.25, 0.3) is 0 Å². The van der Waals surface area contributed by atoms with Gasteiger partial charge in [0.05, 0.1) is 12.5 Å². The van der Waals surface area contributed by atoms with E-state index >= 15 is 0 Å². The molecule has 164 valence electrons. The normalized spacial score (nSPS) is 23.7. The molecule has 1 fully saturated rings. The Kier molecular flexibility index (Phi) is 7.47. The standard InChI is InChI=1S/C21H27ClN2O6/c1-6-12-30-20(26)23-16(13-10-8-9-11-14(13)22)17(24(27)28)15(21(3,4)5)18(23)19(25)29-7-2/h6,8-11,15-18H,1,7,12H2,2-5H3/t15-,16-,17-,18-/m0/s1. The number of hydrogen-bond acceptors (Lipinski definition) is 6. The van der Waals surface area contributed by atoms with Crippen LogP contribution in [0.25, 0.3) is 0 Å². The summed E-state index contributed by atoms with van der Waals surface area (Å²) in [5.41, 5.74) is -0.334. The molecule has 1 aromatic rings. The summed E-state index contributed by atoms with van der Waals surface area (Å²) in [5.74, 6) is -1.56. The first-order valence-electron chi connectivity index (χ1n) is 9.66. The Hall–Kier alpha value is -2.61. The number of hydrogen-bond donors (Lipinski definition) is 0. The highest BCUT2D eigenvalue weighted by atomic mass is 35.5. The molecular weight excluding hydrogens is 412 g/mol. The molecule has 0 aliphatic carbocycles. The predicted octanol–water partition coefficient (Wildman–Crippen LogP) is 4.26. The number of rotatable bonds is 6. The van der Waals surface area contributed by atoms with Gasteiger partial charge < -0.3 is 9.47 Å². The van der Waals surface area contributed by atoms with Crippen molar-refractivity contribution < 1.29 is 24.0 Å². The Labute approximate surface area is 180 Å². The van der Waals surface area contributed by atoms with E-state index in [-0.39, 0.29) is 18.2 Å². The summed E-state index contributed by atoms with van der Waals surface area (Å²) in [6.07, 6.45) is 0.515. The third-order valence-corrected chi connectivity index (χ3v) is 5.51. The van der Waals surface area contributed by atoms with Crippen LogP contribution in [-0.4, -0.2) is 47.2 Å². The molecular formula is C21H27ClN2O6. The van der Waals surface area contributed by atoms with E-state index in [4.69, 9.17) is 21.1 Å². The quantitative estimate of drug-likeness (QED) is 0.285. The van der Waals surface area contributed by atoms with Gasteiger partial charge in [-0.3, -0.25) is 15.0 Å². The predicted molar refractivity (Wildman–Crippen MR) is 112 cm³/mol. The highest BCUT2D eigenvalue weighted by Crippen LogP contribution is 2.50. The van der Waals surface area contributed by atoms with Crippen molar-refractivity contribution in [1.29, 1.82) is 0 Å². The van der Waals surface area contributed by atoms with Crippen molar-refractivity contribution in [3.63, 3.8) is 0 Å². The number of benzene rings is 1. The minimum atomic E-state index is -1.30. The number of amides is 1. The average molecular weight is 439 g/mol. The highest BCUT2D eigenvalue weighted by Gasteiger charge is 2.64. The zero-order valence-corrected chi connectivity index (χ0v) is 18.3. The van der Waals surface area contributed by atoms with Crippen LogP contribution in [0.15, 0.2) is 36.9 Å². The molecule has 1 aliphatic rings. The molecule has 0 saturated carbocycles. The molecule has 1 amide bonds. The van der Waals surface area contributed by atoms with Crippen molar-refractivity contribution in [3.8, 4) is 0 Å². The van der Waals surface area contributed by atoms with Crippen molar-refractivity contribution in [1.82, 2.24) is 4.90 Å². The lowest BCUT2D eigenvalue weighted by atomic mass is 9.73. The highest BCUT2D eigenvalue weighted by molar-refractivity contribution is 6.31. The topological polar surface area (TPSA) is 99.0 Å². The number of ether oxygens (including phenoxy) is 2. The lowest BCUT2D eigenvalue weighted by Gasteiger charge is -2.32. The number of nitro groups is 1. The van der Waals surface area contributed by atoms with E-state index in [1.54, 1.807) is 52.0 Å². The van der Waals surface area contributed by atoms with Crippen LogP contribution in [-0.2, 0) is 14.3 Å².